The van der Waals surface area contributed by atoms with Crippen molar-refractivity contribution in [3.8, 4) is 0 Å². The van der Waals surface area contributed by atoms with E-state index in [0.717, 1.165) is 0 Å². The molecule has 0 radical (unpaired) electrons. The Balaban J connectivity index is -0.000000125. The summed E-state index contributed by atoms with van der Waals surface area (Å²) < 4.78 is 0. The molecule has 0 aromatic rings. The predicted molar refractivity (Wildman–Crippen MR) is 28.5 cm³/mol. The Bertz CT molecular complexity index is 62.3. The Hall–Kier alpha value is -0.650. The normalized spacial score (nSPS) is 10.2. The van der Waals surface area contributed by atoms with Crippen molar-refractivity contribution in [2.75, 3.05) is 0 Å². The van der Waals surface area contributed by atoms with Gasteiger partial charge in [0, 0.05) is 0 Å². The molecule has 1 atom stereocenters. The average Bonchev–Trinajstić information content (AvgIpc) is 1.36. The SMILES string of the molecule is C[C@H](N)C(=O)O.O.O. The highest BCUT2D eigenvalue weighted by Crippen LogP contribution is 1.68. The van der Waals surface area contributed by atoms with Crippen molar-refractivity contribution < 1.29 is 20.9 Å². The van der Waals surface area contributed by atoms with Gasteiger partial charge >= 0.3 is 5.97 Å². The van der Waals surface area contributed by atoms with Crippen LogP contribution in [0.4, 0.5) is 0 Å². The molecule has 0 aromatic heterocycles. The second-order valence-corrected chi connectivity index (χ2v) is 1.13. The summed E-state index contributed by atoms with van der Waals surface area (Å²) in [5, 5.41) is 7.87. The Labute approximate surface area is 46.7 Å². The fraction of sp³-hybridized carbons (Fsp3) is 0.667. The minimum atomic E-state index is -0.963. The van der Waals surface area contributed by atoms with Crippen LogP contribution in [-0.2, 0) is 4.79 Å². The smallest absolute Gasteiger partial charge is 0.320 e. The molecule has 0 amide bonds. The minimum absolute atomic E-state index is 0. The zero-order valence-electron chi connectivity index (χ0n) is 4.51. The second-order valence-electron chi connectivity index (χ2n) is 1.13. The van der Waals surface area contributed by atoms with Gasteiger partial charge in [-0.25, -0.2) is 0 Å². The highest BCUT2D eigenvalue weighted by molar-refractivity contribution is 5.72. The first-order valence-electron chi connectivity index (χ1n) is 1.63. The van der Waals surface area contributed by atoms with Gasteiger partial charge in [-0.15, -0.1) is 0 Å². The van der Waals surface area contributed by atoms with Crippen molar-refractivity contribution in [1.82, 2.24) is 0 Å². The Morgan fingerprint density at radius 1 is 1.62 bits per heavy atom. The summed E-state index contributed by atoms with van der Waals surface area (Å²) in [4.78, 5) is 9.57. The fourth-order valence-corrected chi connectivity index (χ4v) is 0. The molecule has 0 heterocycles. The molecular weight excluding hydrogens is 114 g/mol. The first kappa shape index (κ1) is 15.7. The van der Waals surface area contributed by atoms with E-state index >= 15 is 0 Å². The summed E-state index contributed by atoms with van der Waals surface area (Å²) in [6.45, 7) is 1.42. The molecular formula is C3H11NO4. The van der Waals surface area contributed by atoms with E-state index in [1.807, 2.05) is 0 Å². The Morgan fingerprint density at radius 3 is 1.75 bits per heavy atom. The summed E-state index contributed by atoms with van der Waals surface area (Å²) in [6.07, 6.45) is 0. The molecule has 0 aromatic carbocycles. The van der Waals surface area contributed by atoms with Crippen LogP contribution >= 0.6 is 0 Å². The number of rotatable bonds is 1. The van der Waals surface area contributed by atoms with Crippen molar-refractivity contribution in [2.45, 2.75) is 13.0 Å². The van der Waals surface area contributed by atoms with Gasteiger partial charge < -0.3 is 21.8 Å². The fourth-order valence-electron chi connectivity index (χ4n) is 0. The summed E-state index contributed by atoms with van der Waals surface area (Å²) in [5.74, 6) is -0.963. The monoisotopic (exact) mass is 125 g/mol. The lowest BCUT2D eigenvalue weighted by atomic mass is 10.4. The summed E-state index contributed by atoms with van der Waals surface area (Å²) >= 11 is 0. The van der Waals surface area contributed by atoms with Crippen molar-refractivity contribution in [2.24, 2.45) is 5.73 Å². The molecule has 7 N–H and O–H groups in total. The van der Waals surface area contributed by atoms with Crippen LogP contribution in [0, 0.1) is 0 Å². The maximum atomic E-state index is 9.57. The third-order valence-corrected chi connectivity index (χ3v) is 0.390. The molecule has 5 heteroatoms. The third-order valence-electron chi connectivity index (χ3n) is 0.390. The van der Waals surface area contributed by atoms with Crippen molar-refractivity contribution in [1.29, 1.82) is 0 Å². The van der Waals surface area contributed by atoms with E-state index in [0.29, 0.717) is 0 Å². The molecule has 0 aliphatic heterocycles. The highest BCUT2D eigenvalue weighted by Gasteiger charge is 1.99. The summed E-state index contributed by atoms with van der Waals surface area (Å²) in [7, 11) is 0. The number of carbonyl (C=O) groups is 1. The first-order valence-corrected chi connectivity index (χ1v) is 1.63. The molecule has 0 saturated carbocycles. The number of carboxylic acid groups (broad SMARTS) is 1. The van der Waals surface area contributed by atoms with Crippen LogP contribution in [0.5, 0.6) is 0 Å². The first-order chi connectivity index (χ1) is 2.64. The van der Waals surface area contributed by atoms with Gasteiger partial charge in [-0.05, 0) is 6.92 Å². The minimum Gasteiger partial charge on any atom is -0.480 e. The highest BCUT2D eigenvalue weighted by atomic mass is 16.4. The zero-order chi connectivity index (χ0) is 5.15. The molecule has 0 bridgehead atoms. The van der Waals surface area contributed by atoms with Crippen LogP contribution in [0.1, 0.15) is 6.92 Å². The molecule has 0 unspecified atom stereocenters. The van der Waals surface area contributed by atoms with Crippen LogP contribution < -0.4 is 5.73 Å². The lowest BCUT2D eigenvalue weighted by Crippen LogP contribution is -2.25. The largest absolute Gasteiger partial charge is 0.480 e. The van der Waals surface area contributed by atoms with Crippen LogP contribution in [0.3, 0.4) is 0 Å². The third kappa shape index (κ3) is 9.02. The van der Waals surface area contributed by atoms with Gasteiger partial charge in [-0.3, -0.25) is 4.79 Å². The lowest BCUT2D eigenvalue weighted by Gasteiger charge is -1.90. The molecule has 52 valence electrons. The lowest BCUT2D eigenvalue weighted by molar-refractivity contribution is -0.138. The molecule has 0 aliphatic rings. The van der Waals surface area contributed by atoms with Gasteiger partial charge in [0.15, 0.2) is 0 Å². The van der Waals surface area contributed by atoms with Crippen LogP contribution in [0.25, 0.3) is 0 Å². The molecule has 5 nitrogen and oxygen atoms in total. The van der Waals surface area contributed by atoms with Gasteiger partial charge in [0.2, 0.25) is 0 Å². The van der Waals surface area contributed by atoms with E-state index in [1.165, 1.54) is 6.92 Å². The van der Waals surface area contributed by atoms with Gasteiger partial charge in [-0.1, -0.05) is 0 Å². The quantitative estimate of drug-likeness (QED) is 0.411. The maximum Gasteiger partial charge on any atom is 0.320 e. The summed E-state index contributed by atoms with van der Waals surface area (Å²) in [5.41, 5.74) is 4.84. The van der Waals surface area contributed by atoms with E-state index in [9.17, 15) is 4.79 Å². The van der Waals surface area contributed by atoms with Crippen LogP contribution in [0.2, 0.25) is 0 Å². The van der Waals surface area contributed by atoms with Crippen molar-refractivity contribution >= 4 is 5.97 Å². The maximum absolute atomic E-state index is 9.57. The van der Waals surface area contributed by atoms with Crippen LogP contribution in [0.15, 0.2) is 0 Å². The Kier molecular flexibility index (Phi) is 12.4. The number of carboxylic acids is 1. The van der Waals surface area contributed by atoms with Gasteiger partial charge in [0.25, 0.3) is 0 Å². The molecule has 0 saturated heterocycles. The Morgan fingerprint density at radius 2 is 1.75 bits per heavy atom. The molecule has 0 aliphatic carbocycles. The number of hydrogen-bond donors (Lipinski definition) is 2. The van der Waals surface area contributed by atoms with E-state index in [2.05, 4.69) is 0 Å². The molecule has 0 fully saturated rings. The second kappa shape index (κ2) is 6.35. The standard InChI is InChI=1S/C3H7NO2.2H2O/c1-2(4)3(5)6;;/h2H,4H2,1H3,(H,5,6);2*1H2/t2-;;/m0../s1. The van der Waals surface area contributed by atoms with E-state index in [-0.39, 0.29) is 11.0 Å². The summed E-state index contributed by atoms with van der Waals surface area (Å²) in [6, 6.07) is -0.731. The average molecular weight is 125 g/mol. The topological polar surface area (TPSA) is 126 Å². The predicted octanol–water partition coefficient (Wildman–Crippen LogP) is -2.23. The number of nitrogens with two attached hydrogens (primary N) is 1. The van der Waals surface area contributed by atoms with E-state index in [1.54, 1.807) is 0 Å². The number of hydrogen-bond acceptors (Lipinski definition) is 2. The van der Waals surface area contributed by atoms with Gasteiger partial charge in [0.1, 0.15) is 6.04 Å². The van der Waals surface area contributed by atoms with Crippen molar-refractivity contribution in [3.05, 3.63) is 0 Å². The van der Waals surface area contributed by atoms with E-state index in [4.69, 9.17) is 10.8 Å². The van der Waals surface area contributed by atoms with Gasteiger partial charge in [-0.2, -0.15) is 0 Å². The van der Waals surface area contributed by atoms with Gasteiger partial charge in [0.05, 0.1) is 0 Å². The molecule has 0 spiro atoms. The van der Waals surface area contributed by atoms with Crippen LogP contribution in [-0.4, -0.2) is 28.1 Å². The zero-order valence-corrected chi connectivity index (χ0v) is 4.51. The molecule has 8 heavy (non-hydrogen) atoms. The molecule has 0 rings (SSSR count). The van der Waals surface area contributed by atoms with E-state index < -0.39 is 12.0 Å². The van der Waals surface area contributed by atoms with Crippen molar-refractivity contribution in [3.63, 3.8) is 0 Å². The number of aliphatic carboxylic acids is 1.